The van der Waals surface area contributed by atoms with Gasteiger partial charge in [-0.2, -0.15) is 0 Å². The van der Waals surface area contributed by atoms with Crippen molar-refractivity contribution in [3.8, 4) is 0 Å². The molecule has 1 unspecified atom stereocenters. The van der Waals surface area contributed by atoms with E-state index in [1.54, 1.807) is 6.20 Å². The van der Waals surface area contributed by atoms with Gasteiger partial charge in [0.15, 0.2) is 11.6 Å². The highest BCUT2D eigenvalue weighted by molar-refractivity contribution is 5.80. The third-order valence-corrected chi connectivity index (χ3v) is 6.34. The van der Waals surface area contributed by atoms with Crippen molar-refractivity contribution in [3.05, 3.63) is 47.8 Å². The number of hydrogen-bond donors (Lipinski definition) is 1. The highest BCUT2D eigenvalue weighted by atomic mass is 19.2. The van der Waals surface area contributed by atoms with Gasteiger partial charge in [0, 0.05) is 31.2 Å². The van der Waals surface area contributed by atoms with Gasteiger partial charge in [0.05, 0.1) is 18.7 Å². The molecule has 2 heterocycles. The Morgan fingerprint density at radius 2 is 2.00 bits per heavy atom. The van der Waals surface area contributed by atoms with Gasteiger partial charge in [-0.05, 0) is 56.2 Å². The number of hydrogen-bond acceptors (Lipinski definition) is 4. The zero-order chi connectivity index (χ0) is 21.8. The van der Waals surface area contributed by atoms with Crippen molar-refractivity contribution in [2.75, 3.05) is 13.1 Å². The molecule has 4 rings (SSSR count). The molecular formula is C22H27F2N5O2. The molecule has 166 valence electrons. The maximum absolute atomic E-state index is 13.3. The normalized spacial score (nSPS) is 23.3. The summed E-state index contributed by atoms with van der Waals surface area (Å²) < 4.78 is 28.1. The molecule has 2 aliphatic rings. The van der Waals surface area contributed by atoms with Crippen molar-refractivity contribution in [2.24, 2.45) is 5.92 Å². The Morgan fingerprint density at radius 3 is 2.74 bits per heavy atom. The number of rotatable bonds is 7. The molecule has 1 aliphatic carbocycles. The fourth-order valence-electron chi connectivity index (χ4n) is 4.52. The average molecular weight is 431 g/mol. The molecule has 9 heteroatoms. The number of benzene rings is 1. The number of piperidine rings is 1. The molecule has 0 radical (unpaired) electrons. The number of nitrogens with one attached hydrogen (secondary N) is 1. The fraction of sp³-hybridized carbons (Fsp3) is 0.545. The second kappa shape index (κ2) is 9.53. The zero-order valence-electron chi connectivity index (χ0n) is 17.3. The number of carbonyl (C=O) groups is 2. The second-order valence-corrected chi connectivity index (χ2v) is 8.45. The van der Waals surface area contributed by atoms with Gasteiger partial charge < -0.3 is 10.2 Å². The summed E-state index contributed by atoms with van der Waals surface area (Å²) in [6.07, 6.45) is 8.75. The number of amides is 2. The van der Waals surface area contributed by atoms with E-state index in [-0.39, 0.29) is 36.2 Å². The monoisotopic (exact) mass is 431 g/mol. The first kappa shape index (κ1) is 21.4. The summed E-state index contributed by atoms with van der Waals surface area (Å²) >= 11 is 0. The highest BCUT2D eigenvalue weighted by Gasteiger charge is 2.40. The van der Waals surface area contributed by atoms with Gasteiger partial charge in [0.2, 0.25) is 11.8 Å². The van der Waals surface area contributed by atoms with Gasteiger partial charge in [-0.25, -0.2) is 13.5 Å². The summed E-state index contributed by atoms with van der Waals surface area (Å²) in [6.45, 7) is 1.21. The molecule has 1 aliphatic heterocycles. The molecule has 1 saturated heterocycles. The van der Waals surface area contributed by atoms with Crippen molar-refractivity contribution < 1.29 is 18.4 Å². The highest BCUT2D eigenvalue weighted by Crippen LogP contribution is 2.39. The first-order valence-electron chi connectivity index (χ1n) is 10.9. The smallest absolute Gasteiger partial charge is 0.226 e. The molecule has 31 heavy (non-hydrogen) atoms. The second-order valence-electron chi connectivity index (χ2n) is 8.45. The van der Waals surface area contributed by atoms with Crippen molar-refractivity contribution in [1.82, 2.24) is 25.2 Å². The Morgan fingerprint density at radius 1 is 1.16 bits per heavy atom. The number of likely N-dealkylation sites (tertiary alicyclic amines) is 1. The first-order chi connectivity index (χ1) is 15.0. The number of aromatic nitrogens is 3. The van der Waals surface area contributed by atoms with Crippen LogP contribution in [-0.2, 0) is 16.0 Å². The summed E-state index contributed by atoms with van der Waals surface area (Å²) in [4.78, 5) is 27.2. The van der Waals surface area contributed by atoms with Crippen LogP contribution in [0.5, 0.6) is 0 Å². The molecule has 1 aromatic carbocycles. The average Bonchev–Trinajstić information content (AvgIpc) is 3.24. The topological polar surface area (TPSA) is 80.1 Å². The van der Waals surface area contributed by atoms with E-state index in [4.69, 9.17) is 0 Å². The molecule has 0 spiro atoms. The molecule has 0 bridgehead atoms. The number of halogens is 2. The number of carbonyl (C=O) groups excluding carboxylic acids is 2. The van der Waals surface area contributed by atoms with Gasteiger partial charge in [0.1, 0.15) is 0 Å². The van der Waals surface area contributed by atoms with Gasteiger partial charge in [-0.15, -0.1) is 5.10 Å². The summed E-state index contributed by atoms with van der Waals surface area (Å²) in [5.41, 5.74) is 0.429. The lowest BCUT2D eigenvalue weighted by atomic mass is 9.78. The van der Waals surface area contributed by atoms with Crippen LogP contribution in [0.4, 0.5) is 8.78 Å². The molecule has 1 aromatic heterocycles. The fourth-order valence-corrected chi connectivity index (χ4v) is 4.52. The van der Waals surface area contributed by atoms with E-state index in [0.717, 1.165) is 50.8 Å². The first-order valence-corrected chi connectivity index (χ1v) is 10.9. The van der Waals surface area contributed by atoms with Crippen LogP contribution in [0.25, 0.3) is 0 Å². The Kier molecular flexibility index (Phi) is 6.58. The zero-order valence-corrected chi connectivity index (χ0v) is 17.3. The van der Waals surface area contributed by atoms with Gasteiger partial charge >= 0.3 is 0 Å². The van der Waals surface area contributed by atoms with E-state index >= 15 is 0 Å². The van der Waals surface area contributed by atoms with Gasteiger partial charge in [-0.3, -0.25) is 9.59 Å². The predicted octanol–water partition coefficient (Wildman–Crippen LogP) is 2.64. The van der Waals surface area contributed by atoms with Crippen LogP contribution in [0.3, 0.4) is 0 Å². The standard InChI is InChI=1S/C22H27F2N5O2/c23-19-5-4-15(11-20(19)24)12-21(30)25-7-6-17-3-1-2-9-28(17)22(31)16-13-18(14-16)29-10-8-26-27-29/h4-5,8,10-11,16-18H,1-3,6-7,9,12-14H2,(H,25,30). The molecular weight excluding hydrogens is 404 g/mol. The van der Waals surface area contributed by atoms with Crippen molar-refractivity contribution in [1.29, 1.82) is 0 Å². The molecule has 1 N–H and O–H groups in total. The molecule has 2 amide bonds. The lowest BCUT2D eigenvalue weighted by molar-refractivity contribution is -0.143. The summed E-state index contributed by atoms with van der Waals surface area (Å²) in [7, 11) is 0. The Bertz CT molecular complexity index is 915. The van der Waals surface area contributed by atoms with Crippen LogP contribution in [0.15, 0.2) is 30.6 Å². The largest absolute Gasteiger partial charge is 0.356 e. The van der Waals surface area contributed by atoms with Crippen molar-refractivity contribution in [2.45, 2.75) is 57.0 Å². The Hall–Kier alpha value is -2.84. The van der Waals surface area contributed by atoms with E-state index in [1.807, 2.05) is 15.8 Å². The van der Waals surface area contributed by atoms with E-state index in [0.29, 0.717) is 18.5 Å². The minimum Gasteiger partial charge on any atom is -0.356 e. The van der Waals surface area contributed by atoms with Crippen LogP contribution in [0.1, 0.15) is 50.1 Å². The van der Waals surface area contributed by atoms with E-state index in [2.05, 4.69) is 15.6 Å². The molecule has 1 atom stereocenters. The van der Waals surface area contributed by atoms with Gasteiger partial charge in [-0.1, -0.05) is 11.3 Å². The molecule has 2 aromatic rings. The third kappa shape index (κ3) is 5.08. The van der Waals surface area contributed by atoms with Crippen LogP contribution in [0, 0.1) is 17.6 Å². The summed E-state index contributed by atoms with van der Waals surface area (Å²) in [6, 6.07) is 3.84. The summed E-state index contributed by atoms with van der Waals surface area (Å²) in [5, 5.41) is 10.7. The van der Waals surface area contributed by atoms with Crippen molar-refractivity contribution in [3.63, 3.8) is 0 Å². The van der Waals surface area contributed by atoms with Crippen LogP contribution < -0.4 is 5.32 Å². The lowest BCUT2D eigenvalue weighted by Gasteiger charge is -2.42. The SMILES string of the molecule is O=C(Cc1ccc(F)c(F)c1)NCCC1CCCCN1C(=O)C1CC(n2ccnn2)C1. The van der Waals surface area contributed by atoms with Crippen LogP contribution in [0.2, 0.25) is 0 Å². The Balaban J connectivity index is 1.23. The van der Waals surface area contributed by atoms with Crippen LogP contribution in [-0.4, -0.2) is 50.8 Å². The predicted molar refractivity (Wildman–Crippen MR) is 109 cm³/mol. The maximum atomic E-state index is 13.3. The molecule has 2 fully saturated rings. The molecule has 1 saturated carbocycles. The minimum absolute atomic E-state index is 0.00371. The summed E-state index contributed by atoms with van der Waals surface area (Å²) in [5.74, 6) is -1.89. The quantitative estimate of drug-likeness (QED) is 0.731. The van der Waals surface area contributed by atoms with Gasteiger partial charge in [0.25, 0.3) is 0 Å². The Labute approximate surface area is 179 Å². The minimum atomic E-state index is -0.955. The van der Waals surface area contributed by atoms with E-state index in [9.17, 15) is 18.4 Å². The third-order valence-electron chi connectivity index (χ3n) is 6.34. The number of nitrogens with zero attached hydrogens (tertiary/aromatic N) is 4. The van der Waals surface area contributed by atoms with E-state index < -0.39 is 11.6 Å². The van der Waals surface area contributed by atoms with Crippen LogP contribution >= 0.6 is 0 Å². The maximum Gasteiger partial charge on any atom is 0.226 e. The van der Waals surface area contributed by atoms with Crippen molar-refractivity contribution >= 4 is 11.8 Å². The molecule has 7 nitrogen and oxygen atoms in total. The lowest BCUT2D eigenvalue weighted by Crippen LogP contribution is -2.50. The van der Waals surface area contributed by atoms with E-state index in [1.165, 1.54) is 6.07 Å².